The van der Waals surface area contributed by atoms with Crippen LogP contribution in [0, 0.1) is 0 Å². The van der Waals surface area contributed by atoms with Gasteiger partial charge in [0.15, 0.2) is 0 Å². The monoisotopic (exact) mass is 406 g/mol. The summed E-state index contributed by atoms with van der Waals surface area (Å²) in [7, 11) is -3.53. The molecular formula is C24H26N2O2S. The molecular weight excluding hydrogens is 380 g/mol. The van der Waals surface area contributed by atoms with Gasteiger partial charge in [-0.1, -0.05) is 72.8 Å². The van der Waals surface area contributed by atoms with E-state index in [0.29, 0.717) is 18.0 Å². The average Bonchev–Trinajstić information content (AvgIpc) is 3.59. The van der Waals surface area contributed by atoms with Crippen molar-refractivity contribution in [3.63, 3.8) is 0 Å². The highest BCUT2D eigenvalue weighted by Crippen LogP contribution is 2.33. The number of nitrogens with zero attached hydrogens (tertiary/aromatic N) is 1. The van der Waals surface area contributed by atoms with E-state index in [0.717, 1.165) is 30.5 Å². The lowest BCUT2D eigenvalue weighted by molar-refractivity contribution is 0.398. The van der Waals surface area contributed by atoms with Crippen LogP contribution in [-0.2, 0) is 29.7 Å². The minimum Gasteiger partial charge on any atom is -0.309 e. The second kappa shape index (κ2) is 8.91. The van der Waals surface area contributed by atoms with E-state index >= 15 is 0 Å². The third-order valence-electron chi connectivity index (χ3n) is 5.14. The maximum absolute atomic E-state index is 13.4. The normalized spacial score (nSPS) is 14.2. The fourth-order valence-corrected chi connectivity index (χ4v) is 5.18. The zero-order chi connectivity index (χ0) is 20.1. The standard InChI is InChI=1S/C24H26N2O2S/c27-29(28,26(23-14-15-23)19-21-10-5-2-6-11-21)24-13-7-12-22(16-24)18-25-17-20-8-3-1-4-9-20/h1-13,16,23,25H,14-15,17-19H2. The third-order valence-corrected chi connectivity index (χ3v) is 7.04. The van der Waals surface area contributed by atoms with Crippen molar-refractivity contribution in [3.05, 3.63) is 102 Å². The Labute approximate surface area is 173 Å². The van der Waals surface area contributed by atoms with Crippen LogP contribution in [0.15, 0.2) is 89.8 Å². The molecule has 0 aliphatic heterocycles. The van der Waals surface area contributed by atoms with Crippen molar-refractivity contribution in [1.82, 2.24) is 9.62 Å². The van der Waals surface area contributed by atoms with Gasteiger partial charge in [0.25, 0.3) is 0 Å². The molecule has 0 atom stereocenters. The van der Waals surface area contributed by atoms with Crippen molar-refractivity contribution < 1.29 is 8.42 Å². The van der Waals surface area contributed by atoms with E-state index in [1.54, 1.807) is 16.4 Å². The molecule has 1 fully saturated rings. The van der Waals surface area contributed by atoms with Gasteiger partial charge in [-0.25, -0.2) is 8.42 Å². The van der Waals surface area contributed by atoms with Crippen molar-refractivity contribution in [2.24, 2.45) is 0 Å². The van der Waals surface area contributed by atoms with Crippen molar-refractivity contribution in [3.8, 4) is 0 Å². The summed E-state index contributed by atoms with van der Waals surface area (Å²) >= 11 is 0. The maximum atomic E-state index is 13.4. The van der Waals surface area contributed by atoms with Crippen LogP contribution in [0.1, 0.15) is 29.5 Å². The van der Waals surface area contributed by atoms with E-state index in [2.05, 4.69) is 17.4 Å². The largest absolute Gasteiger partial charge is 0.309 e. The molecule has 0 radical (unpaired) electrons. The second-order valence-corrected chi connectivity index (χ2v) is 9.39. The summed E-state index contributed by atoms with van der Waals surface area (Å²) in [5, 5.41) is 3.39. The molecule has 1 aliphatic carbocycles. The van der Waals surface area contributed by atoms with E-state index in [1.165, 1.54) is 5.56 Å². The summed E-state index contributed by atoms with van der Waals surface area (Å²) in [5.41, 5.74) is 3.19. The highest BCUT2D eigenvalue weighted by molar-refractivity contribution is 7.89. The van der Waals surface area contributed by atoms with Gasteiger partial charge >= 0.3 is 0 Å². The summed E-state index contributed by atoms with van der Waals surface area (Å²) in [5.74, 6) is 0. The van der Waals surface area contributed by atoms with Gasteiger partial charge in [0.05, 0.1) is 4.90 Å². The topological polar surface area (TPSA) is 49.4 Å². The lowest BCUT2D eigenvalue weighted by atomic mass is 10.2. The van der Waals surface area contributed by atoms with Gasteiger partial charge in [-0.15, -0.1) is 0 Å². The molecule has 3 aromatic carbocycles. The Hall–Kier alpha value is -2.47. The highest BCUT2D eigenvalue weighted by Gasteiger charge is 2.38. The fourth-order valence-electron chi connectivity index (χ4n) is 3.43. The van der Waals surface area contributed by atoms with Gasteiger partial charge in [0, 0.05) is 25.7 Å². The molecule has 0 amide bonds. The Bertz CT molecular complexity index is 1030. The first-order valence-electron chi connectivity index (χ1n) is 10.0. The molecule has 3 aromatic rings. The molecule has 150 valence electrons. The van der Waals surface area contributed by atoms with Gasteiger partial charge in [-0.2, -0.15) is 4.31 Å². The summed E-state index contributed by atoms with van der Waals surface area (Å²) in [6, 6.07) is 27.4. The zero-order valence-electron chi connectivity index (χ0n) is 16.4. The number of hydrogen-bond donors (Lipinski definition) is 1. The van der Waals surface area contributed by atoms with E-state index in [4.69, 9.17) is 0 Å². The molecule has 29 heavy (non-hydrogen) atoms. The molecule has 1 saturated carbocycles. The Balaban J connectivity index is 1.48. The quantitative estimate of drug-likeness (QED) is 0.575. The Morgan fingerprint density at radius 2 is 1.34 bits per heavy atom. The van der Waals surface area contributed by atoms with Gasteiger partial charge in [0.1, 0.15) is 0 Å². The van der Waals surface area contributed by atoms with E-state index in [-0.39, 0.29) is 6.04 Å². The lowest BCUT2D eigenvalue weighted by Gasteiger charge is -2.22. The Kier molecular flexibility index (Phi) is 6.09. The molecule has 4 nitrogen and oxygen atoms in total. The van der Waals surface area contributed by atoms with Gasteiger partial charge in [-0.3, -0.25) is 0 Å². The van der Waals surface area contributed by atoms with Crippen LogP contribution in [0.5, 0.6) is 0 Å². The van der Waals surface area contributed by atoms with Crippen LogP contribution in [0.25, 0.3) is 0 Å². The fraction of sp³-hybridized carbons (Fsp3) is 0.250. The van der Waals surface area contributed by atoms with Crippen LogP contribution < -0.4 is 5.32 Å². The van der Waals surface area contributed by atoms with Crippen molar-refractivity contribution in [2.75, 3.05) is 0 Å². The molecule has 0 unspecified atom stereocenters. The summed E-state index contributed by atoms with van der Waals surface area (Å²) in [4.78, 5) is 0.374. The van der Waals surface area contributed by atoms with Crippen molar-refractivity contribution >= 4 is 10.0 Å². The highest BCUT2D eigenvalue weighted by atomic mass is 32.2. The van der Waals surface area contributed by atoms with Crippen LogP contribution >= 0.6 is 0 Å². The SMILES string of the molecule is O=S(=O)(c1cccc(CNCc2ccccc2)c1)N(Cc1ccccc1)C1CC1. The minimum absolute atomic E-state index is 0.111. The van der Waals surface area contributed by atoms with Crippen molar-refractivity contribution in [1.29, 1.82) is 0 Å². The zero-order valence-corrected chi connectivity index (χ0v) is 17.2. The summed E-state index contributed by atoms with van der Waals surface area (Å²) < 4.78 is 28.4. The molecule has 1 N–H and O–H groups in total. The second-order valence-electron chi connectivity index (χ2n) is 7.50. The van der Waals surface area contributed by atoms with Crippen LogP contribution in [0.3, 0.4) is 0 Å². The third kappa shape index (κ3) is 5.12. The first kappa shape index (κ1) is 19.8. The minimum atomic E-state index is -3.53. The molecule has 0 saturated heterocycles. The summed E-state index contributed by atoms with van der Waals surface area (Å²) in [6.45, 7) is 1.80. The molecule has 0 aromatic heterocycles. The number of rotatable bonds is 9. The van der Waals surface area contributed by atoms with Crippen LogP contribution in [0.4, 0.5) is 0 Å². The first-order chi connectivity index (χ1) is 14.1. The molecule has 0 bridgehead atoms. The number of hydrogen-bond acceptors (Lipinski definition) is 3. The average molecular weight is 407 g/mol. The Morgan fingerprint density at radius 1 is 0.759 bits per heavy atom. The van der Waals surface area contributed by atoms with E-state index < -0.39 is 10.0 Å². The number of sulfonamides is 1. The summed E-state index contributed by atoms with van der Waals surface area (Å²) in [6.07, 6.45) is 1.87. The number of benzene rings is 3. The van der Waals surface area contributed by atoms with Crippen LogP contribution in [0.2, 0.25) is 0 Å². The predicted molar refractivity (Wildman–Crippen MR) is 116 cm³/mol. The predicted octanol–water partition coefficient (Wildman–Crippen LogP) is 4.33. The van der Waals surface area contributed by atoms with Gasteiger partial charge in [0.2, 0.25) is 10.0 Å². The molecule has 1 aliphatic rings. The maximum Gasteiger partial charge on any atom is 0.243 e. The van der Waals surface area contributed by atoms with Gasteiger partial charge in [-0.05, 0) is 41.7 Å². The smallest absolute Gasteiger partial charge is 0.243 e. The van der Waals surface area contributed by atoms with Gasteiger partial charge < -0.3 is 5.32 Å². The molecule has 0 spiro atoms. The molecule has 4 rings (SSSR count). The van der Waals surface area contributed by atoms with E-state index in [9.17, 15) is 8.42 Å². The molecule has 0 heterocycles. The Morgan fingerprint density at radius 3 is 2.00 bits per heavy atom. The van der Waals surface area contributed by atoms with E-state index in [1.807, 2.05) is 60.7 Å². The van der Waals surface area contributed by atoms with Crippen LogP contribution in [-0.4, -0.2) is 18.8 Å². The molecule has 5 heteroatoms. The van der Waals surface area contributed by atoms with Crippen molar-refractivity contribution in [2.45, 2.75) is 43.4 Å². The number of nitrogens with one attached hydrogen (secondary N) is 1. The lowest BCUT2D eigenvalue weighted by Crippen LogP contribution is -2.32. The first-order valence-corrected chi connectivity index (χ1v) is 11.5.